The highest BCUT2D eigenvalue weighted by atomic mass is 16.6. The highest BCUT2D eigenvalue weighted by molar-refractivity contribution is 5.82. The van der Waals surface area contributed by atoms with Crippen molar-refractivity contribution in [1.29, 1.82) is 0 Å². The summed E-state index contributed by atoms with van der Waals surface area (Å²) in [5, 5.41) is 10.9. The van der Waals surface area contributed by atoms with Crippen LogP contribution in [0.2, 0.25) is 0 Å². The molecule has 3 nitrogen and oxygen atoms in total. The molecule has 5 saturated carbocycles. The van der Waals surface area contributed by atoms with E-state index in [4.69, 9.17) is 4.74 Å². The minimum absolute atomic E-state index is 0.0138. The summed E-state index contributed by atoms with van der Waals surface area (Å²) in [4.78, 5) is 13.6. The molecule has 0 aromatic heterocycles. The van der Waals surface area contributed by atoms with Crippen LogP contribution in [0.25, 0.3) is 0 Å². The number of hydrogen-bond acceptors (Lipinski definition) is 3. The number of esters is 1. The topological polar surface area (TPSA) is 46.5 Å². The lowest BCUT2D eigenvalue weighted by Crippen LogP contribution is -2.71. The van der Waals surface area contributed by atoms with Gasteiger partial charge in [-0.25, -0.2) is 0 Å². The third-order valence-corrected chi connectivity index (χ3v) is 14.1. The van der Waals surface area contributed by atoms with Crippen LogP contribution < -0.4 is 0 Å². The van der Waals surface area contributed by atoms with E-state index < -0.39 is 0 Å². The number of carbonyl (C=O) groups excluding carboxylic acids is 1. The van der Waals surface area contributed by atoms with Gasteiger partial charge in [0.1, 0.15) is 5.60 Å². The number of aliphatic hydroxyl groups is 1. The summed E-state index contributed by atoms with van der Waals surface area (Å²) in [5.74, 6) is 3.05. The second-order valence-corrected chi connectivity index (χ2v) is 15.2. The summed E-state index contributed by atoms with van der Waals surface area (Å²) >= 11 is 0. The summed E-state index contributed by atoms with van der Waals surface area (Å²) in [6.45, 7) is 17.2. The summed E-state index contributed by atoms with van der Waals surface area (Å²) in [5.41, 5.74) is 0.0526. The third-order valence-electron chi connectivity index (χ3n) is 14.1. The van der Waals surface area contributed by atoms with Gasteiger partial charge in [0, 0.05) is 11.3 Å². The molecule has 5 aliphatic carbocycles. The van der Waals surface area contributed by atoms with Crippen LogP contribution in [-0.2, 0) is 9.53 Å². The number of fused-ring (bicyclic) bond motifs is 4. The number of carbonyl (C=O) groups is 1. The molecule has 1 aliphatic heterocycles. The molecule has 1 N–H and O–H groups in total. The van der Waals surface area contributed by atoms with Gasteiger partial charge in [-0.15, -0.1) is 0 Å². The van der Waals surface area contributed by atoms with Crippen molar-refractivity contribution >= 4 is 5.97 Å². The largest absolute Gasteiger partial charge is 0.458 e. The lowest BCUT2D eigenvalue weighted by atomic mass is 9.31. The molecule has 1 spiro atoms. The first-order valence-electron chi connectivity index (χ1n) is 14.2. The predicted octanol–water partition coefficient (Wildman–Crippen LogP) is 6.76. The zero-order chi connectivity index (χ0) is 23.8. The Morgan fingerprint density at radius 1 is 0.848 bits per heavy atom. The van der Waals surface area contributed by atoms with Crippen LogP contribution in [0.4, 0.5) is 0 Å². The average molecular weight is 457 g/mol. The molecule has 6 rings (SSSR count). The molecule has 2 bridgehead atoms. The summed E-state index contributed by atoms with van der Waals surface area (Å²) in [6.07, 6.45) is 11.0. The smallest absolute Gasteiger partial charge is 0.313 e. The van der Waals surface area contributed by atoms with E-state index in [-0.39, 0.29) is 44.7 Å². The maximum atomic E-state index is 13.6. The van der Waals surface area contributed by atoms with Crippen LogP contribution in [0.5, 0.6) is 0 Å². The van der Waals surface area contributed by atoms with E-state index in [1.165, 1.54) is 25.7 Å². The van der Waals surface area contributed by atoms with E-state index in [1.807, 2.05) is 0 Å². The minimum Gasteiger partial charge on any atom is -0.458 e. The van der Waals surface area contributed by atoms with Crippen molar-refractivity contribution in [3.05, 3.63) is 0 Å². The number of rotatable bonds is 1. The SMILES string of the molecule is CC(C)[C@@H]1CC[C@@]23CC[C@]4(C)[C@@](CC[C@@H]5[C@@]6(C)CC[C@H](O)C(C)(C)[C@@H]6CC[C@]54C)(OC2=O)[C@@H]13. The molecule has 186 valence electrons. The number of aliphatic hydroxyl groups excluding tert-OH is 1. The van der Waals surface area contributed by atoms with Gasteiger partial charge in [0.05, 0.1) is 11.5 Å². The molecule has 0 aromatic rings. The Hall–Kier alpha value is -0.570. The fraction of sp³-hybridized carbons (Fsp3) is 0.967. The molecular weight excluding hydrogens is 408 g/mol. The van der Waals surface area contributed by atoms with Gasteiger partial charge in [-0.1, -0.05) is 48.5 Å². The van der Waals surface area contributed by atoms with Gasteiger partial charge in [0.25, 0.3) is 0 Å². The van der Waals surface area contributed by atoms with Gasteiger partial charge >= 0.3 is 5.97 Å². The van der Waals surface area contributed by atoms with Crippen LogP contribution >= 0.6 is 0 Å². The summed E-state index contributed by atoms with van der Waals surface area (Å²) < 4.78 is 6.78. The molecule has 10 atom stereocenters. The summed E-state index contributed by atoms with van der Waals surface area (Å²) in [7, 11) is 0. The first-order chi connectivity index (χ1) is 15.3. The van der Waals surface area contributed by atoms with Crippen molar-refractivity contribution in [2.75, 3.05) is 0 Å². The molecule has 0 radical (unpaired) electrons. The molecule has 0 amide bonds. The molecule has 33 heavy (non-hydrogen) atoms. The van der Waals surface area contributed by atoms with Crippen LogP contribution in [-0.4, -0.2) is 22.8 Å². The Morgan fingerprint density at radius 2 is 1.55 bits per heavy atom. The second kappa shape index (κ2) is 6.40. The zero-order valence-corrected chi connectivity index (χ0v) is 22.3. The predicted molar refractivity (Wildman–Crippen MR) is 130 cm³/mol. The van der Waals surface area contributed by atoms with Crippen molar-refractivity contribution in [3.63, 3.8) is 0 Å². The Labute approximate surface area is 201 Å². The van der Waals surface area contributed by atoms with E-state index in [9.17, 15) is 9.90 Å². The number of hydrogen-bond donors (Lipinski definition) is 1. The molecule has 0 unspecified atom stereocenters. The van der Waals surface area contributed by atoms with Gasteiger partial charge in [-0.2, -0.15) is 0 Å². The first kappa shape index (κ1) is 22.9. The lowest BCUT2D eigenvalue weighted by molar-refractivity contribution is -0.284. The van der Waals surface area contributed by atoms with Crippen LogP contribution in [0.3, 0.4) is 0 Å². The average Bonchev–Trinajstić information content (AvgIpc) is 3.21. The first-order valence-corrected chi connectivity index (χ1v) is 14.2. The maximum absolute atomic E-state index is 13.6. The number of ether oxygens (including phenoxy) is 1. The molecular formula is C30H48O3. The quantitative estimate of drug-likeness (QED) is 0.443. The van der Waals surface area contributed by atoms with Gasteiger partial charge in [-0.3, -0.25) is 4.79 Å². The van der Waals surface area contributed by atoms with Crippen LogP contribution in [0, 0.1) is 56.7 Å². The van der Waals surface area contributed by atoms with Crippen LogP contribution in [0.1, 0.15) is 113 Å². The lowest BCUT2D eigenvalue weighted by Gasteiger charge is -2.73. The van der Waals surface area contributed by atoms with Gasteiger partial charge < -0.3 is 9.84 Å². The second-order valence-electron chi connectivity index (χ2n) is 15.2. The van der Waals surface area contributed by atoms with E-state index in [0.29, 0.717) is 29.6 Å². The molecule has 0 aromatic carbocycles. The third kappa shape index (κ3) is 2.27. The minimum atomic E-state index is -0.258. The van der Waals surface area contributed by atoms with E-state index >= 15 is 0 Å². The summed E-state index contributed by atoms with van der Waals surface area (Å²) in [6, 6.07) is 0. The van der Waals surface area contributed by atoms with Crippen molar-refractivity contribution in [1.82, 2.24) is 0 Å². The maximum Gasteiger partial charge on any atom is 0.313 e. The standard InChI is InChI=1S/C30H48O3/c1-18(2)19-8-14-29-17-16-28(7)27(6)13-9-20-25(3,4)22(31)11-12-26(20,5)21(27)10-15-30(28,23(19)29)33-24(29)32/h18-23,31H,8-17H2,1-7H3/t19-,20-,21+,22-,23-,26-,27+,28-,29-,30-/m0/s1. The van der Waals surface area contributed by atoms with Gasteiger partial charge in [-0.05, 0) is 104 Å². The molecule has 3 heteroatoms. The molecule has 6 aliphatic rings. The highest BCUT2D eigenvalue weighted by Gasteiger charge is 2.82. The Morgan fingerprint density at radius 3 is 2.24 bits per heavy atom. The van der Waals surface area contributed by atoms with E-state index in [1.54, 1.807) is 0 Å². The highest BCUT2D eigenvalue weighted by Crippen LogP contribution is 2.81. The van der Waals surface area contributed by atoms with Crippen molar-refractivity contribution in [2.24, 2.45) is 56.7 Å². The van der Waals surface area contributed by atoms with E-state index in [2.05, 4.69) is 48.5 Å². The van der Waals surface area contributed by atoms with Crippen LogP contribution in [0.15, 0.2) is 0 Å². The molecule has 1 saturated heterocycles. The fourth-order valence-electron chi connectivity index (χ4n) is 12.2. The Kier molecular flexibility index (Phi) is 4.44. The fourth-order valence-corrected chi connectivity index (χ4v) is 12.2. The Bertz CT molecular complexity index is 878. The van der Waals surface area contributed by atoms with E-state index in [0.717, 1.165) is 38.5 Å². The van der Waals surface area contributed by atoms with Crippen molar-refractivity contribution in [3.8, 4) is 0 Å². The van der Waals surface area contributed by atoms with Gasteiger partial charge in [0.2, 0.25) is 0 Å². The van der Waals surface area contributed by atoms with Gasteiger partial charge in [0.15, 0.2) is 0 Å². The normalized spacial score (nSPS) is 58.8. The molecule has 1 heterocycles. The van der Waals surface area contributed by atoms with Crippen molar-refractivity contribution in [2.45, 2.75) is 124 Å². The Balaban J connectivity index is 1.47. The zero-order valence-electron chi connectivity index (χ0n) is 22.3. The van der Waals surface area contributed by atoms with Crippen molar-refractivity contribution < 1.29 is 14.6 Å². The monoisotopic (exact) mass is 456 g/mol. The molecule has 6 fully saturated rings.